The molecule has 0 bridgehead atoms. The first-order valence-electron chi connectivity index (χ1n) is 12.9. The summed E-state index contributed by atoms with van der Waals surface area (Å²) in [4.78, 5) is 10.4. The third kappa shape index (κ3) is 3.14. The van der Waals surface area contributed by atoms with E-state index in [2.05, 4.69) is 103 Å². The maximum atomic E-state index is 5.25. The maximum absolute atomic E-state index is 5.25. The number of fused-ring (bicyclic) bond motifs is 8. The Morgan fingerprint density at radius 2 is 0.947 bits per heavy atom. The van der Waals surface area contributed by atoms with Crippen LogP contribution in [0.5, 0.6) is 0 Å². The number of aromatic nitrogens is 2. The number of para-hydroxylation sites is 2. The van der Waals surface area contributed by atoms with Crippen molar-refractivity contribution in [1.82, 2.24) is 9.97 Å². The van der Waals surface area contributed by atoms with Crippen LogP contribution in [0, 0.1) is 0 Å². The SMILES string of the molecule is c1ccc(-c2nc3ccccc3nc2-c2cccc3ccc4ccc5c6ccccc6ccc5c4c23)cc1. The monoisotopic (exact) mass is 482 g/mol. The van der Waals surface area contributed by atoms with Crippen molar-refractivity contribution in [2.75, 3.05) is 0 Å². The highest BCUT2D eigenvalue weighted by Gasteiger charge is 2.18. The van der Waals surface area contributed by atoms with Gasteiger partial charge in [-0.1, -0.05) is 121 Å². The largest absolute Gasteiger partial charge is 0.244 e. The van der Waals surface area contributed by atoms with Crippen molar-refractivity contribution in [2.24, 2.45) is 0 Å². The minimum absolute atomic E-state index is 0.898. The van der Waals surface area contributed by atoms with Crippen LogP contribution in [0.2, 0.25) is 0 Å². The lowest BCUT2D eigenvalue weighted by Crippen LogP contribution is -1.96. The Bertz CT molecular complexity index is 2180. The molecule has 1 aromatic heterocycles. The molecule has 0 spiro atoms. The summed E-state index contributed by atoms with van der Waals surface area (Å²) in [6, 6.07) is 47.2. The Hall–Kier alpha value is -5.08. The molecule has 8 aromatic rings. The molecule has 0 fully saturated rings. The molecule has 1 heterocycles. The summed E-state index contributed by atoms with van der Waals surface area (Å²) in [5.74, 6) is 0. The van der Waals surface area contributed by atoms with Gasteiger partial charge in [-0.3, -0.25) is 0 Å². The zero-order valence-electron chi connectivity index (χ0n) is 20.6. The Kier molecular flexibility index (Phi) is 4.55. The van der Waals surface area contributed by atoms with Gasteiger partial charge in [0.05, 0.1) is 22.4 Å². The van der Waals surface area contributed by atoms with E-state index in [9.17, 15) is 0 Å². The standard InChI is InChI=1S/C36H22N2/c1-2-10-26(11-3-1)35-36(38-32-16-7-6-15-31(32)37-35)30-14-8-12-24-17-18-25-20-21-28-27-13-5-4-9-23(27)19-22-29(28)33(25)34(24)30/h1-22H. The van der Waals surface area contributed by atoms with E-state index < -0.39 is 0 Å². The molecule has 0 aliphatic carbocycles. The van der Waals surface area contributed by atoms with E-state index >= 15 is 0 Å². The van der Waals surface area contributed by atoms with E-state index in [0.717, 1.165) is 33.5 Å². The van der Waals surface area contributed by atoms with Crippen LogP contribution in [0.15, 0.2) is 133 Å². The minimum atomic E-state index is 0.898. The molecule has 8 rings (SSSR count). The number of benzene rings is 7. The second-order valence-corrected chi connectivity index (χ2v) is 9.79. The number of nitrogens with zero attached hydrogens (tertiary/aromatic N) is 2. The van der Waals surface area contributed by atoms with Crippen molar-refractivity contribution >= 4 is 54.1 Å². The molecule has 0 saturated carbocycles. The van der Waals surface area contributed by atoms with Gasteiger partial charge < -0.3 is 0 Å². The normalized spacial score (nSPS) is 11.7. The zero-order chi connectivity index (χ0) is 25.1. The summed E-state index contributed by atoms with van der Waals surface area (Å²) in [5.41, 5.74) is 5.78. The number of hydrogen-bond acceptors (Lipinski definition) is 2. The maximum Gasteiger partial charge on any atom is 0.0979 e. The van der Waals surface area contributed by atoms with E-state index in [1.807, 2.05) is 30.3 Å². The van der Waals surface area contributed by atoms with Gasteiger partial charge in [-0.2, -0.15) is 0 Å². The number of rotatable bonds is 2. The first-order valence-corrected chi connectivity index (χ1v) is 12.9. The van der Waals surface area contributed by atoms with E-state index in [1.54, 1.807) is 0 Å². The van der Waals surface area contributed by atoms with Gasteiger partial charge in [0, 0.05) is 11.1 Å². The summed E-state index contributed by atoms with van der Waals surface area (Å²) in [6.07, 6.45) is 0. The molecule has 0 unspecified atom stereocenters. The fraction of sp³-hybridized carbons (Fsp3) is 0. The minimum Gasteiger partial charge on any atom is -0.244 e. The molecule has 0 saturated heterocycles. The molecule has 38 heavy (non-hydrogen) atoms. The molecule has 0 amide bonds. The molecular formula is C36H22N2. The topological polar surface area (TPSA) is 25.8 Å². The van der Waals surface area contributed by atoms with Crippen LogP contribution in [0.1, 0.15) is 0 Å². The lowest BCUT2D eigenvalue weighted by Gasteiger charge is -2.16. The quantitative estimate of drug-likeness (QED) is 0.229. The van der Waals surface area contributed by atoms with Gasteiger partial charge in [0.2, 0.25) is 0 Å². The van der Waals surface area contributed by atoms with E-state index in [-0.39, 0.29) is 0 Å². The molecule has 0 aliphatic heterocycles. The van der Waals surface area contributed by atoms with Crippen molar-refractivity contribution < 1.29 is 0 Å². The van der Waals surface area contributed by atoms with E-state index in [0.29, 0.717) is 0 Å². The molecule has 176 valence electrons. The van der Waals surface area contributed by atoms with Crippen LogP contribution in [-0.2, 0) is 0 Å². The molecule has 0 atom stereocenters. The van der Waals surface area contributed by atoms with Crippen LogP contribution in [-0.4, -0.2) is 9.97 Å². The van der Waals surface area contributed by atoms with Crippen molar-refractivity contribution in [1.29, 1.82) is 0 Å². The third-order valence-electron chi connectivity index (χ3n) is 7.62. The van der Waals surface area contributed by atoms with Gasteiger partial charge in [-0.25, -0.2) is 9.97 Å². The summed E-state index contributed by atoms with van der Waals surface area (Å²) < 4.78 is 0. The van der Waals surface area contributed by atoms with Crippen molar-refractivity contribution in [3.63, 3.8) is 0 Å². The molecule has 0 N–H and O–H groups in total. The molecule has 2 nitrogen and oxygen atoms in total. The van der Waals surface area contributed by atoms with Gasteiger partial charge in [-0.15, -0.1) is 0 Å². The van der Waals surface area contributed by atoms with Crippen LogP contribution < -0.4 is 0 Å². The fourth-order valence-corrected chi connectivity index (χ4v) is 5.87. The first-order chi connectivity index (χ1) is 18.8. The van der Waals surface area contributed by atoms with Gasteiger partial charge in [0.1, 0.15) is 0 Å². The van der Waals surface area contributed by atoms with Crippen LogP contribution in [0.25, 0.3) is 76.6 Å². The molecule has 0 radical (unpaired) electrons. The Morgan fingerprint density at radius 3 is 1.79 bits per heavy atom. The first kappa shape index (κ1) is 21.0. The fourth-order valence-electron chi connectivity index (χ4n) is 5.87. The second kappa shape index (κ2) is 8.22. The zero-order valence-corrected chi connectivity index (χ0v) is 20.6. The van der Waals surface area contributed by atoms with Crippen molar-refractivity contribution in [3.05, 3.63) is 133 Å². The third-order valence-corrected chi connectivity index (χ3v) is 7.62. The van der Waals surface area contributed by atoms with E-state index in [4.69, 9.17) is 9.97 Å². The predicted octanol–water partition coefficient (Wildman–Crippen LogP) is 9.58. The summed E-state index contributed by atoms with van der Waals surface area (Å²) in [7, 11) is 0. The Morgan fingerprint density at radius 1 is 0.342 bits per heavy atom. The lowest BCUT2D eigenvalue weighted by atomic mass is 9.90. The van der Waals surface area contributed by atoms with E-state index in [1.165, 1.54) is 43.1 Å². The van der Waals surface area contributed by atoms with Crippen molar-refractivity contribution in [3.8, 4) is 22.5 Å². The average molecular weight is 483 g/mol. The highest BCUT2D eigenvalue weighted by Crippen LogP contribution is 2.41. The van der Waals surface area contributed by atoms with Crippen LogP contribution in [0.3, 0.4) is 0 Å². The average Bonchev–Trinajstić information content (AvgIpc) is 3.00. The molecular weight excluding hydrogens is 460 g/mol. The van der Waals surface area contributed by atoms with Gasteiger partial charge in [0.25, 0.3) is 0 Å². The van der Waals surface area contributed by atoms with Gasteiger partial charge in [0.15, 0.2) is 0 Å². The predicted molar refractivity (Wildman–Crippen MR) is 160 cm³/mol. The Balaban J connectivity index is 1.56. The Labute approximate surface area is 219 Å². The van der Waals surface area contributed by atoms with Gasteiger partial charge in [-0.05, 0) is 55.2 Å². The van der Waals surface area contributed by atoms with Crippen molar-refractivity contribution in [2.45, 2.75) is 0 Å². The van der Waals surface area contributed by atoms with Crippen LogP contribution >= 0.6 is 0 Å². The second-order valence-electron chi connectivity index (χ2n) is 9.79. The highest BCUT2D eigenvalue weighted by molar-refractivity contribution is 6.27. The van der Waals surface area contributed by atoms with Gasteiger partial charge >= 0.3 is 0 Å². The van der Waals surface area contributed by atoms with Crippen LogP contribution in [0.4, 0.5) is 0 Å². The number of hydrogen-bond donors (Lipinski definition) is 0. The molecule has 0 aliphatic rings. The summed E-state index contributed by atoms with van der Waals surface area (Å²) >= 11 is 0. The summed E-state index contributed by atoms with van der Waals surface area (Å²) in [5, 5.41) is 9.96. The highest BCUT2D eigenvalue weighted by atomic mass is 14.8. The molecule has 7 aromatic carbocycles. The smallest absolute Gasteiger partial charge is 0.0979 e. The lowest BCUT2D eigenvalue weighted by molar-refractivity contribution is 1.30. The summed E-state index contributed by atoms with van der Waals surface area (Å²) in [6.45, 7) is 0. The molecule has 2 heteroatoms.